The third-order valence-electron chi connectivity index (χ3n) is 5.65. The number of aryl methyl sites for hydroxylation is 1. The molecule has 8 heteroatoms. The van der Waals surface area contributed by atoms with Gasteiger partial charge >= 0.3 is 5.97 Å². The van der Waals surface area contributed by atoms with Crippen LogP contribution in [0.15, 0.2) is 30.3 Å². The molecule has 0 aliphatic carbocycles. The first-order valence-electron chi connectivity index (χ1n) is 9.15. The SMILES string of the molecule is Cc1nnnn1C(Cc1ccccc1)C(=O)N1CCC(C(=O)O)(C(C)C)C1. The Bertz CT molecular complexity index is 820. The summed E-state index contributed by atoms with van der Waals surface area (Å²) in [5, 5.41) is 21.3. The van der Waals surface area contributed by atoms with Crippen LogP contribution in [0.4, 0.5) is 0 Å². The van der Waals surface area contributed by atoms with Crippen LogP contribution in [0.5, 0.6) is 0 Å². The van der Waals surface area contributed by atoms with Crippen LogP contribution >= 0.6 is 0 Å². The van der Waals surface area contributed by atoms with Crippen molar-refractivity contribution in [2.45, 2.75) is 39.7 Å². The lowest BCUT2D eigenvalue weighted by atomic mass is 9.76. The van der Waals surface area contributed by atoms with Gasteiger partial charge in [0, 0.05) is 19.5 Å². The first-order valence-corrected chi connectivity index (χ1v) is 9.15. The van der Waals surface area contributed by atoms with Gasteiger partial charge in [0.15, 0.2) is 0 Å². The molecule has 1 saturated heterocycles. The molecular weight excluding hydrogens is 346 g/mol. The van der Waals surface area contributed by atoms with E-state index in [0.717, 1.165) is 5.56 Å². The lowest BCUT2D eigenvalue weighted by Gasteiger charge is -2.30. The minimum Gasteiger partial charge on any atom is -0.481 e. The summed E-state index contributed by atoms with van der Waals surface area (Å²) in [4.78, 5) is 26.9. The van der Waals surface area contributed by atoms with Crippen LogP contribution < -0.4 is 0 Å². The fourth-order valence-electron chi connectivity index (χ4n) is 3.77. The molecule has 3 rings (SSSR count). The molecule has 0 radical (unpaired) electrons. The Kier molecular flexibility index (Phi) is 5.25. The second-order valence-corrected chi connectivity index (χ2v) is 7.50. The number of nitrogens with zero attached hydrogens (tertiary/aromatic N) is 5. The van der Waals surface area contributed by atoms with Crippen molar-refractivity contribution in [2.75, 3.05) is 13.1 Å². The van der Waals surface area contributed by atoms with E-state index in [1.165, 1.54) is 4.68 Å². The predicted octanol–water partition coefficient (Wildman–Crippen LogP) is 1.72. The molecule has 144 valence electrons. The van der Waals surface area contributed by atoms with E-state index in [0.29, 0.717) is 25.2 Å². The maximum Gasteiger partial charge on any atom is 0.311 e. The van der Waals surface area contributed by atoms with E-state index >= 15 is 0 Å². The number of tetrazole rings is 1. The summed E-state index contributed by atoms with van der Waals surface area (Å²) in [6, 6.07) is 9.09. The maximum atomic E-state index is 13.4. The Balaban J connectivity index is 1.88. The number of aromatic nitrogens is 4. The number of carboxylic acid groups (broad SMARTS) is 1. The molecule has 2 atom stereocenters. The van der Waals surface area contributed by atoms with Crippen molar-refractivity contribution in [3.05, 3.63) is 41.7 Å². The monoisotopic (exact) mass is 371 g/mol. The van der Waals surface area contributed by atoms with Gasteiger partial charge in [-0.3, -0.25) is 9.59 Å². The smallest absolute Gasteiger partial charge is 0.311 e. The Morgan fingerprint density at radius 1 is 1.26 bits per heavy atom. The molecule has 1 fully saturated rings. The maximum absolute atomic E-state index is 13.4. The average Bonchev–Trinajstić information content (AvgIpc) is 3.27. The van der Waals surface area contributed by atoms with Crippen LogP contribution in [0.1, 0.15) is 37.7 Å². The molecule has 1 amide bonds. The summed E-state index contributed by atoms with van der Waals surface area (Å²) in [7, 11) is 0. The zero-order valence-electron chi connectivity index (χ0n) is 15.9. The molecule has 0 saturated carbocycles. The fourth-order valence-corrected chi connectivity index (χ4v) is 3.77. The number of benzene rings is 1. The molecule has 1 aromatic carbocycles. The van der Waals surface area contributed by atoms with Crippen LogP contribution in [0.2, 0.25) is 0 Å². The van der Waals surface area contributed by atoms with Gasteiger partial charge in [-0.2, -0.15) is 0 Å². The minimum absolute atomic E-state index is 0.0600. The lowest BCUT2D eigenvalue weighted by Crippen LogP contribution is -2.43. The van der Waals surface area contributed by atoms with Gasteiger partial charge in [0.25, 0.3) is 0 Å². The normalized spacial score (nSPS) is 20.8. The topological polar surface area (TPSA) is 101 Å². The Labute approximate surface area is 158 Å². The summed E-state index contributed by atoms with van der Waals surface area (Å²) in [6.07, 6.45) is 0.905. The number of rotatable bonds is 6. The third-order valence-corrected chi connectivity index (χ3v) is 5.65. The van der Waals surface area contributed by atoms with E-state index in [4.69, 9.17) is 0 Å². The van der Waals surface area contributed by atoms with Gasteiger partial charge in [0.1, 0.15) is 11.9 Å². The molecule has 0 spiro atoms. The quantitative estimate of drug-likeness (QED) is 0.830. The first-order chi connectivity index (χ1) is 12.8. The molecule has 8 nitrogen and oxygen atoms in total. The van der Waals surface area contributed by atoms with E-state index < -0.39 is 17.4 Å². The molecule has 1 N–H and O–H groups in total. The number of aliphatic carboxylic acids is 1. The number of amides is 1. The molecule has 2 heterocycles. The number of hydrogen-bond donors (Lipinski definition) is 1. The van der Waals surface area contributed by atoms with Crippen LogP contribution in [0.3, 0.4) is 0 Å². The van der Waals surface area contributed by atoms with Crippen molar-refractivity contribution in [3.63, 3.8) is 0 Å². The van der Waals surface area contributed by atoms with Crippen LogP contribution in [0.25, 0.3) is 0 Å². The van der Waals surface area contributed by atoms with Crippen LogP contribution in [0, 0.1) is 18.3 Å². The average molecular weight is 371 g/mol. The zero-order chi connectivity index (χ0) is 19.6. The molecule has 2 unspecified atom stereocenters. The van der Waals surface area contributed by atoms with Gasteiger partial charge in [-0.1, -0.05) is 44.2 Å². The van der Waals surface area contributed by atoms with Gasteiger partial charge < -0.3 is 10.0 Å². The lowest BCUT2D eigenvalue weighted by molar-refractivity contribution is -0.151. The molecule has 0 bridgehead atoms. The minimum atomic E-state index is -0.900. The molecule has 1 aromatic heterocycles. The Hall–Kier alpha value is -2.77. The van der Waals surface area contributed by atoms with Crippen molar-refractivity contribution in [2.24, 2.45) is 11.3 Å². The summed E-state index contributed by atoms with van der Waals surface area (Å²) in [5.74, 6) is -0.490. The highest BCUT2D eigenvalue weighted by molar-refractivity contribution is 5.83. The van der Waals surface area contributed by atoms with Crippen molar-refractivity contribution in [3.8, 4) is 0 Å². The van der Waals surface area contributed by atoms with Crippen LogP contribution in [-0.4, -0.2) is 55.2 Å². The zero-order valence-corrected chi connectivity index (χ0v) is 15.9. The number of carboxylic acids is 1. The molecular formula is C19H25N5O3. The van der Waals surface area contributed by atoms with Gasteiger partial charge in [-0.25, -0.2) is 4.68 Å². The van der Waals surface area contributed by atoms with Crippen LogP contribution in [-0.2, 0) is 16.0 Å². The Morgan fingerprint density at radius 3 is 2.48 bits per heavy atom. The number of carbonyl (C=O) groups is 2. The summed E-state index contributed by atoms with van der Waals surface area (Å²) >= 11 is 0. The van der Waals surface area contributed by atoms with Crippen molar-refractivity contribution >= 4 is 11.9 Å². The van der Waals surface area contributed by atoms with Gasteiger partial charge in [-0.15, -0.1) is 5.10 Å². The Morgan fingerprint density at radius 2 is 1.96 bits per heavy atom. The second kappa shape index (κ2) is 7.46. The third kappa shape index (κ3) is 3.56. The highest BCUT2D eigenvalue weighted by atomic mass is 16.4. The molecule has 2 aromatic rings. The number of carbonyl (C=O) groups excluding carboxylic acids is 1. The van der Waals surface area contributed by atoms with E-state index in [9.17, 15) is 14.7 Å². The van der Waals surface area contributed by atoms with Gasteiger partial charge in [0.05, 0.1) is 5.41 Å². The van der Waals surface area contributed by atoms with Gasteiger partial charge in [-0.05, 0) is 35.3 Å². The van der Waals surface area contributed by atoms with E-state index in [1.807, 2.05) is 44.2 Å². The first kappa shape index (κ1) is 19.0. The highest BCUT2D eigenvalue weighted by Gasteiger charge is 2.49. The van der Waals surface area contributed by atoms with Crippen molar-refractivity contribution in [1.29, 1.82) is 0 Å². The van der Waals surface area contributed by atoms with Gasteiger partial charge in [0.2, 0.25) is 5.91 Å². The highest BCUT2D eigenvalue weighted by Crippen LogP contribution is 2.39. The molecule has 1 aliphatic heterocycles. The number of hydrogen-bond acceptors (Lipinski definition) is 5. The van der Waals surface area contributed by atoms with E-state index in [2.05, 4.69) is 15.5 Å². The standard InChI is InChI=1S/C19H25N5O3/c1-13(2)19(18(26)27)9-10-23(12-19)17(25)16(24-14(3)20-21-22-24)11-15-7-5-4-6-8-15/h4-8,13,16H,9-12H2,1-3H3,(H,26,27). The second-order valence-electron chi connectivity index (χ2n) is 7.50. The largest absolute Gasteiger partial charge is 0.481 e. The predicted molar refractivity (Wildman–Crippen MR) is 97.8 cm³/mol. The summed E-state index contributed by atoms with van der Waals surface area (Å²) in [6.45, 7) is 6.19. The molecule has 1 aliphatic rings. The summed E-state index contributed by atoms with van der Waals surface area (Å²) in [5.41, 5.74) is 0.0982. The number of likely N-dealkylation sites (tertiary alicyclic amines) is 1. The molecule has 27 heavy (non-hydrogen) atoms. The van der Waals surface area contributed by atoms with Crippen molar-refractivity contribution in [1.82, 2.24) is 25.1 Å². The van der Waals surface area contributed by atoms with E-state index in [-0.39, 0.29) is 18.4 Å². The van der Waals surface area contributed by atoms with E-state index in [1.54, 1.807) is 11.8 Å². The van der Waals surface area contributed by atoms with Crippen molar-refractivity contribution < 1.29 is 14.7 Å². The fraction of sp³-hybridized carbons (Fsp3) is 0.526. The summed E-state index contributed by atoms with van der Waals surface area (Å²) < 4.78 is 1.53.